The molecule has 1 aliphatic carbocycles. The molecule has 0 aromatic carbocycles. The molecule has 0 radical (unpaired) electrons. The Labute approximate surface area is 113 Å². The Bertz CT molecular complexity index is 362. The van der Waals surface area contributed by atoms with Gasteiger partial charge in [0.05, 0.1) is 6.10 Å². The van der Waals surface area contributed by atoms with E-state index in [0.717, 1.165) is 30.9 Å². The van der Waals surface area contributed by atoms with Crippen LogP contribution >= 0.6 is 11.8 Å². The Morgan fingerprint density at radius 3 is 2.50 bits per heavy atom. The van der Waals surface area contributed by atoms with Crippen LogP contribution < -0.4 is 5.32 Å². The SMILES string of the molecule is CC(C)[C@]1(C)SC(N[C@H]2CC[C@H](O)CC2)=NC1=O. The molecule has 1 aliphatic heterocycles. The van der Waals surface area contributed by atoms with Crippen molar-refractivity contribution in [2.24, 2.45) is 10.9 Å². The van der Waals surface area contributed by atoms with Crippen LogP contribution in [-0.2, 0) is 4.79 Å². The zero-order chi connectivity index (χ0) is 13.3. The Hall–Kier alpha value is -0.550. The summed E-state index contributed by atoms with van der Waals surface area (Å²) in [5.41, 5.74) is 0. The lowest BCUT2D eigenvalue weighted by molar-refractivity contribution is -0.120. The van der Waals surface area contributed by atoms with Crippen molar-refractivity contribution in [2.75, 3.05) is 0 Å². The summed E-state index contributed by atoms with van der Waals surface area (Å²) < 4.78 is -0.420. The molecule has 0 unspecified atom stereocenters. The molecule has 18 heavy (non-hydrogen) atoms. The number of carbonyl (C=O) groups excluding carboxylic acids is 1. The minimum absolute atomic E-state index is 0.0270. The van der Waals surface area contributed by atoms with Gasteiger partial charge in [0.15, 0.2) is 5.17 Å². The molecule has 0 bridgehead atoms. The first-order valence-corrected chi connectivity index (χ1v) is 7.50. The molecule has 2 rings (SSSR count). The molecule has 5 heteroatoms. The summed E-state index contributed by atoms with van der Waals surface area (Å²) in [5, 5.41) is 13.6. The van der Waals surface area contributed by atoms with E-state index in [1.807, 2.05) is 6.92 Å². The Kier molecular flexibility index (Phi) is 4.02. The fourth-order valence-electron chi connectivity index (χ4n) is 2.29. The van der Waals surface area contributed by atoms with Gasteiger partial charge in [0.2, 0.25) is 0 Å². The summed E-state index contributed by atoms with van der Waals surface area (Å²) in [4.78, 5) is 16.1. The molecule has 1 fully saturated rings. The second-order valence-corrected chi connectivity index (χ2v) is 7.17. The number of nitrogens with zero attached hydrogens (tertiary/aromatic N) is 1. The van der Waals surface area contributed by atoms with Gasteiger partial charge in [-0.3, -0.25) is 4.79 Å². The van der Waals surface area contributed by atoms with Gasteiger partial charge in [-0.2, -0.15) is 4.99 Å². The number of aliphatic imine (C=N–C) groups is 1. The molecule has 4 nitrogen and oxygen atoms in total. The van der Waals surface area contributed by atoms with Crippen LogP contribution in [0, 0.1) is 5.92 Å². The van der Waals surface area contributed by atoms with E-state index < -0.39 is 4.75 Å². The van der Waals surface area contributed by atoms with Crippen LogP contribution in [0.15, 0.2) is 4.99 Å². The minimum Gasteiger partial charge on any atom is -0.393 e. The second kappa shape index (κ2) is 5.21. The average Bonchev–Trinajstić information content (AvgIpc) is 2.59. The molecule has 0 saturated heterocycles. The maximum absolute atomic E-state index is 12.0. The third-order valence-corrected chi connectivity index (χ3v) is 5.54. The van der Waals surface area contributed by atoms with Crippen molar-refractivity contribution < 1.29 is 9.90 Å². The van der Waals surface area contributed by atoms with Gasteiger partial charge in [0.1, 0.15) is 4.75 Å². The lowest BCUT2D eigenvalue weighted by Gasteiger charge is -2.28. The quantitative estimate of drug-likeness (QED) is 0.805. The molecule has 1 saturated carbocycles. The van der Waals surface area contributed by atoms with Gasteiger partial charge in [-0.1, -0.05) is 25.6 Å². The average molecular weight is 270 g/mol. The van der Waals surface area contributed by atoms with E-state index in [9.17, 15) is 9.90 Å². The van der Waals surface area contributed by atoms with Crippen LogP contribution in [0.2, 0.25) is 0 Å². The Balaban J connectivity index is 1.92. The van der Waals surface area contributed by atoms with Crippen molar-refractivity contribution in [3.05, 3.63) is 0 Å². The fraction of sp³-hybridized carbons (Fsp3) is 0.846. The maximum Gasteiger partial charge on any atom is 0.264 e. The van der Waals surface area contributed by atoms with E-state index in [2.05, 4.69) is 24.2 Å². The number of amidine groups is 1. The van der Waals surface area contributed by atoms with Gasteiger partial charge < -0.3 is 10.4 Å². The second-order valence-electron chi connectivity index (χ2n) is 5.74. The fourth-order valence-corrected chi connectivity index (χ4v) is 3.42. The summed E-state index contributed by atoms with van der Waals surface area (Å²) in [6, 6.07) is 0.349. The van der Waals surface area contributed by atoms with Crippen molar-refractivity contribution in [3.8, 4) is 0 Å². The topological polar surface area (TPSA) is 61.7 Å². The molecule has 102 valence electrons. The number of aliphatic hydroxyl groups excluding tert-OH is 1. The molecular weight excluding hydrogens is 248 g/mol. The number of carbonyl (C=O) groups is 1. The van der Waals surface area contributed by atoms with E-state index >= 15 is 0 Å². The van der Waals surface area contributed by atoms with Gasteiger partial charge in [-0.15, -0.1) is 0 Å². The van der Waals surface area contributed by atoms with Crippen LogP contribution in [0.4, 0.5) is 0 Å². The standard InChI is InChI=1S/C13H22N2O2S/c1-8(2)13(3)11(17)15-12(18-13)14-9-4-6-10(16)7-5-9/h8-10,16H,4-7H2,1-3H3,(H,14,15,17)/t9-,10-,13-/m0/s1. The number of amides is 1. The van der Waals surface area contributed by atoms with Crippen molar-refractivity contribution >= 4 is 22.8 Å². The van der Waals surface area contributed by atoms with E-state index in [4.69, 9.17) is 0 Å². The molecular formula is C13H22N2O2S. The van der Waals surface area contributed by atoms with E-state index in [1.54, 1.807) is 11.8 Å². The first-order chi connectivity index (χ1) is 8.41. The first kappa shape index (κ1) is 13.9. The number of aliphatic hydroxyl groups is 1. The first-order valence-electron chi connectivity index (χ1n) is 6.68. The van der Waals surface area contributed by atoms with Gasteiger partial charge in [-0.05, 0) is 38.5 Å². The van der Waals surface area contributed by atoms with E-state index in [0.29, 0.717) is 6.04 Å². The van der Waals surface area contributed by atoms with Crippen LogP contribution in [-0.4, -0.2) is 33.1 Å². The van der Waals surface area contributed by atoms with Crippen LogP contribution in [0.5, 0.6) is 0 Å². The molecule has 1 heterocycles. The molecule has 0 aromatic heterocycles. The van der Waals surface area contributed by atoms with Crippen LogP contribution in [0.1, 0.15) is 46.5 Å². The molecule has 0 spiro atoms. The van der Waals surface area contributed by atoms with Crippen molar-refractivity contribution in [1.29, 1.82) is 0 Å². The largest absolute Gasteiger partial charge is 0.393 e. The van der Waals surface area contributed by atoms with E-state index in [-0.39, 0.29) is 17.9 Å². The van der Waals surface area contributed by atoms with Crippen molar-refractivity contribution in [1.82, 2.24) is 5.32 Å². The Morgan fingerprint density at radius 1 is 1.39 bits per heavy atom. The number of hydrogen-bond donors (Lipinski definition) is 2. The van der Waals surface area contributed by atoms with Crippen LogP contribution in [0.3, 0.4) is 0 Å². The highest BCUT2D eigenvalue weighted by atomic mass is 32.2. The molecule has 1 atom stereocenters. The molecule has 2 aliphatic rings. The van der Waals surface area contributed by atoms with Gasteiger partial charge in [0, 0.05) is 6.04 Å². The third kappa shape index (κ3) is 2.72. The molecule has 1 amide bonds. The zero-order valence-electron chi connectivity index (χ0n) is 11.3. The predicted octanol–water partition coefficient (Wildman–Crippen LogP) is 1.92. The van der Waals surface area contributed by atoms with Crippen molar-refractivity contribution in [3.63, 3.8) is 0 Å². The summed E-state index contributed by atoms with van der Waals surface area (Å²) in [6.07, 6.45) is 3.43. The predicted molar refractivity (Wildman–Crippen MR) is 74.7 cm³/mol. The van der Waals surface area contributed by atoms with Gasteiger partial charge >= 0.3 is 0 Å². The smallest absolute Gasteiger partial charge is 0.264 e. The maximum atomic E-state index is 12.0. The monoisotopic (exact) mass is 270 g/mol. The summed E-state index contributed by atoms with van der Waals surface area (Å²) in [5.74, 6) is 0.243. The summed E-state index contributed by atoms with van der Waals surface area (Å²) >= 11 is 1.55. The van der Waals surface area contributed by atoms with Crippen molar-refractivity contribution in [2.45, 2.75) is 63.3 Å². The van der Waals surface area contributed by atoms with Gasteiger partial charge in [-0.25, -0.2) is 0 Å². The molecule has 0 aromatic rings. The number of thioether (sulfide) groups is 1. The van der Waals surface area contributed by atoms with E-state index in [1.165, 1.54) is 0 Å². The highest BCUT2D eigenvalue weighted by Crippen LogP contribution is 2.39. The third-order valence-electron chi connectivity index (χ3n) is 4.06. The highest BCUT2D eigenvalue weighted by Gasteiger charge is 2.44. The molecule has 2 N–H and O–H groups in total. The zero-order valence-corrected chi connectivity index (χ0v) is 12.1. The normalized spacial score (nSPS) is 36.9. The number of nitrogens with one attached hydrogen (secondary N) is 1. The lowest BCUT2D eigenvalue weighted by atomic mass is 9.93. The number of rotatable bonds is 2. The van der Waals surface area contributed by atoms with Crippen LogP contribution in [0.25, 0.3) is 0 Å². The minimum atomic E-state index is -0.420. The lowest BCUT2D eigenvalue weighted by Crippen LogP contribution is -2.38. The Morgan fingerprint density at radius 2 is 2.00 bits per heavy atom. The highest BCUT2D eigenvalue weighted by molar-refractivity contribution is 8.16. The summed E-state index contributed by atoms with van der Waals surface area (Å²) in [7, 11) is 0. The van der Waals surface area contributed by atoms with Gasteiger partial charge in [0.25, 0.3) is 5.91 Å². The number of hydrogen-bond acceptors (Lipinski definition) is 4. The summed E-state index contributed by atoms with van der Waals surface area (Å²) in [6.45, 7) is 6.08.